The van der Waals surface area contributed by atoms with Crippen molar-refractivity contribution in [2.24, 2.45) is 5.92 Å². The van der Waals surface area contributed by atoms with Crippen molar-refractivity contribution in [3.05, 3.63) is 0 Å². The summed E-state index contributed by atoms with van der Waals surface area (Å²) in [7, 11) is 2.28. The molecule has 0 rings (SSSR count). The molecule has 0 N–H and O–H groups in total. The van der Waals surface area contributed by atoms with Crippen LogP contribution in [-0.4, -0.2) is 25.0 Å². The van der Waals surface area contributed by atoms with Crippen LogP contribution in [0, 0.1) is 5.92 Å². The maximum atomic E-state index is 2.51. The average molecular weight is 508 g/mol. The van der Waals surface area contributed by atoms with Crippen LogP contribution >= 0.6 is 0 Å². The molecular weight excluding hydrogens is 434 g/mol. The summed E-state index contributed by atoms with van der Waals surface area (Å²) in [5, 5.41) is 0. The predicted molar refractivity (Wildman–Crippen MR) is 167 cm³/mol. The van der Waals surface area contributed by atoms with Crippen LogP contribution in [0.4, 0.5) is 0 Å². The average Bonchev–Trinajstić information content (AvgIpc) is 2.85. The zero-order valence-electron chi connectivity index (χ0n) is 26.2. The lowest BCUT2D eigenvalue weighted by atomic mass is 10.0. The minimum Gasteiger partial charge on any atom is -0.306 e. The van der Waals surface area contributed by atoms with Crippen LogP contribution in [0.5, 0.6) is 0 Å². The minimum absolute atomic E-state index is 0.800. The monoisotopic (exact) mass is 508 g/mol. The molecule has 36 heavy (non-hydrogen) atoms. The van der Waals surface area contributed by atoms with Gasteiger partial charge >= 0.3 is 0 Å². The molecule has 0 aromatic carbocycles. The Morgan fingerprint density at radius 3 is 0.806 bits per heavy atom. The molecule has 0 bridgehead atoms. The molecular formula is C35H73N. The second-order valence-corrected chi connectivity index (χ2v) is 12.7. The summed E-state index contributed by atoms with van der Waals surface area (Å²) in [5.41, 5.74) is 0. The van der Waals surface area contributed by atoms with E-state index in [-0.39, 0.29) is 0 Å². The Morgan fingerprint density at radius 1 is 0.361 bits per heavy atom. The first-order valence-electron chi connectivity index (χ1n) is 17.3. The lowest BCUT2D eigenvalue weighted by molar-refractivity contribution is 0.288. The van der Waals surface area contributed by atoms with Crippen LogP contribution in [0.3, 0.4) is 0 Å². The molecule has 1 heteroatoms. The summed E-state index contributed by atoms with van der Waals surface area (Å²) in [6.07, 6.45) is 41.3. The maximum Gasteiger partial charge on any atom is 0.000133 e. The highest BCUT2D eigenvalue weighted by molar-refractivity contribution is 4.56. The zero-order chi connectivity index (χ0) is 26.4. The number of hydrogen-bond donors (Lipinski definition) is 0. The fourth-order valence-electron chi connectivity index (χ4n) is 5.77. The molecule has 0 spiro atoms. The number of unbranched alkanes of at least 4 members (excludes halogenated alkanes) is 27. The highest BCUT2D eigenvalue weighted by atomic mass is 15.1. The van der Waals surface area contributed by atoms with Gasteiger partial charge in [0, 0.05) is 6.54 Å². The van der Waals surface area contributed by atoms with E-state index >= 15 is 0 Å². The highest BCUT2D eigenvalue weighted by Crippen LogP contribution is 2.16. The van der Waals surface area contributed by atoms with E-state index in [0.29, 0.717) is 0 Å². The molecule has 0 aromatic heterocycles. The van der Waals surface area contributed by atoms with E-state index in [1.807, 2.05) is 0 Å². The van der Waals surface area contributed by atoms with Gasteiger partial charge in [-0.2, -0.15) is 0 Å². The van der Waals surface area contributed by atoms with Gasteiger partial charge in [0.05, 0.1) is 0 Å². The third kappa shape index (κ3) is 32.0. The Morgan fingerprint density at radius 2 is 0.583 bits per heavy atom. The molecule has 0 aliphatic rings. The number of nitrogens with zero attached hydrogens (tertiary/aromatic N) is 1. The van der Waals surface area contributed by atoms with Gasteiger partial charge in [-0.25, -0.2) is 0 Å². The molecule has 0 radical (unpaired) electrons. The van der Waals surface area contributed by atoms with E-state index in [4.69, 9.17) is 0 Å². The van der Waals surface area contributed by atoms with Crippen LogP contribution in [-0.2, 0) is 0 Å². The van der Waals surface area contributed by atoms with Crippen molar-refractivity contribution in [3.63, 3.8) is 0 Å². The third-order valence-corrected chi connectivity index (χ3v) is 8.07. The first-order valence-corrected chi connectivity index (χ1v) is 17.3. The van der Waals surface area contributed by atoms with Crippen molar-refractivity contribution in [2.45, 2.75) is 201 Å². The molecule has 0 heterocycles. The van der Waals surface area contributed by atoms with Gasteiger partial charge in [0.2, 0.25) is 0 Å². The van der Waals surface area contributed by atoms with Gasteiger partial charge in [-0.05, 0) is 25.9 Å². The molecule has 0 fully saturated rings. The minimum atomic E-state index is 0.800. The lowest BCUT2D eigenvalue weighted by Crippen LogP contribution is -2.24. The van der Waals surface area contributed by atoms with Crippen molar-refractivity contribution in [2.75, 3.05) is 20.1 Å². The van der Waals surface area contributed by atoms with Crippen molar-refractivity contribution in [3.8, 4) is 0 Å². The van der Waals surface area contributed by atoms with Crippen LogP contribution in [0.1, 0.15) is 201 Å². The Bertz CT molecular complexity index is 377. The second kappa shape index (κ2) is 31.2. The molecule has 0 amide bonds. The molecule has 0 saturated carbocycles. The Kier molecular flexibility index (Phi) is 31.1. The summed E-state index contributed by atoms with van der Waals surface area (Å²) in [4.78, 5) is 2.51. The molecule has 0 aliphatic heterocycles. The van der Waals surface area contributed by atoms with Gasteiger partial charge in [0.1, 0.15) is 0 Å². The first kappa shape index (κ1) is 36.0. The van der Waals surface area contributed by atoms with Crippen molar-refractivity contribution < 1.29 is 0 Å². The molecule has 0 unspecified atom stereocenters. The van der Waals surface area contributed by atoms with Crippen molar-refractivity contribution in [1.82, 2.24) is 4.90 Å². The van der Waals surface area contributed by atoms with Crippen molar-refractivity contribution in [1.29, 1.82) is 0 Å². The normalized spacial score (nSPS) is 11.8. The Balaban J connectivity index is 3.05. The molecule has 218 valence electrons. The van der Waals surface area contributed by atoms with Crippen LogP contribution in [0.25, 0.3) is 0 Å². The summed E-state index contributed by atoms with van der Waals surface area (Å²) in [5.74, 6) is 0.800. The fraction of sp³-hybridized carbons (Fsp3) is 1.00. The standard InChI is InChI=1S/C35H73N/c1-5-6-7-8-9-10-11-12-13-14-15-16-17-18-19-20-21-22-23-24-25-26-27-28-29-30-31-32-33-36(4)34-35(2)3/h35H,5-34H2,1-4H3. The fourth-order valence-corrected chi connectivity index (χ4v) is 5.77. The van der Waals surface area contributed by atoms with E-state index in [2.05, 4.69) is 32.7 Å². The van der Waals surface area contributed by atoms with Crippen LogP contribution in [0.15, 0.2) is 0 Å². The van der Waals surface area contributed by atoms with E-state index in [1.165, 1.54) is 193 Å². The summed E-state index contributed by atoms with van der Waals surface area (Å²) in [6.45, 7) is 9.48. The van der Waals surface area contributed by atoms with Gasteiger partial charge in [-0.1, -0.05) is 194 Å². The van der Waals surface area contributed by atoms with Crippen LogP contribution < -0.4 is 0 Å². The first-order chi connectivity index (χ1) is 17.7. The maximum absolute atomic E-state index is 2.51. The number of rotatable bonds is 31. The Labute approximate surface area is 231 Å². The summed E-state index contributed by atoms with van der Waals surface area (Å²) in [6, 6.07) is 0. The molecule has 0 aromatic rings. The van der Waals surface area contributed by atoms with E-state index < -0.39 is 0 Å². The lowest BCUT2D eigenvalue weighted by Gasteiger charge is -2.18. The van der Waals surface area contributed by atoms with Crippen LogP contribution in [0.2, 0.25) is 0 Å². The SMILES string of the molecule is CCCCCCCCCCCCCCCCCCCCCCCCCCCCCCN(C)CC(C)C. The smallest absolute Gasteiger partial charge is 0.000133 e. The molecule has 1 nitrogen and oxygen atoms in total. The van der Waals surface area contributed by atoms with Crippen molar-refractivity contribution >= 4 is 0 Å². The molecule has 0 aliphatic carbocycles. The molecule has 0 saturated heterocycles. The Hall–Kier alpha value is -0.0400. The van der Waals surface area contributed by atoms with Gasteiger partial charge in [0.25, 0.3) is 0 Å². The largest absolute Gasteiger partial charge is 0.306 e. The van der Waals surface area contributed by atoms with E-state index in [9.17, 15) is 0 Å². The van der Waals surface area contributed by atoms with Gasteiger partial charge in [-0.15, -0.1) is 0 Å². The topological polar surface area (TPSA) is 3.24 Å². The van der Waals surface area contributed by atoms with Gasteiger partial charge in [0.15, 0.2) is 0 Å². The molecule has 0 atom stereocenters. The second-order valence-electron chi connectivity index (χ2n) is 12.7. The van der Waals surface area contributed by atoms with Gasteiger partial charge < -0.3 is 4.90 Å². The predicted octanol–water partition coefficient (Wildman–Crippen LogP) is 12.5. The summed E-state index contributed by atoms with van der Waals surface area (Å²) >= 11 is 0. The number of hydrogen-bond acceptors (Lipinski definition) is 1. The third-order valence-electron chi connectivity index (χ3n) is 8.07. The summed E-state index contributed by atoms with van der Waals surface area (Å²) < 4.78 is 0. The highest BCUT2D eigenvalue weighted by Gasteiger charge is 2.01. The van der Waals surface area contributed by atoms with Gasteiger partial charge in [-0.3, -0.25) is 0 Å². The zero-order valence-corrected chi connectivity index (χ0v) is 26.2. The van der Waals surface area contributed by atoms with E-state index in [0.717, 1.165) is 5.92 Å². The van der Waals surface area contributed by atoms with E-state index in [1.54, 1.807) is 0 Å². The quantitative estimate of drug-likeness (QED) is 0.0843.